The van der Waals surface area contributed by atoms with Gasteiger partial charge in [0, 0.05) is 17.3 Å². The monoisotopic (exact) mass is 405 g/mol. The van der Waals surface area contributed by atoms with Crippen molar-refractivity contribution in [2.75, 3.05) is 6.61 Å². The smallest absolute Gasteiger partial charge is 0.187 e. The van der Waals surface area contributed by atoms with Gasteiger partial charge in [-0.3, -0.25) is 4.79 Å². The Bertz CT molecular complexity index is 754. The fraction of sp³-hybridized carbons (Fsp3) is 0.591. The number of hydroxylamine groups is 4. The zero-order valence-corrected chi connectivity index (χ0v) is 18.8. The first-order chi connectivity index (χ1) is 13.1. The summed E-state index contributed by atoms with van der Waals surface area (Å²) in [6.45, 7) is 15.6. The summed E-state index contributed by atoms with van der Waals surface area (Å²) in [5.41, 5.74) is -0.622. The SMILES string of the molecule is CC1(C)COC(C)(C)N1O.CC1(C)N/C(=C/C(=O)c2ccccc2)C(C)(C)N1O. The maximum atomic E-state index is 12.2. The number of nitrogens with one attached hydrogen (secondary N) is 1. The van der Waals surface area contributed by atoms with Gasteiger partial charge in [0.1, 0.15) is 11.4 Å². The standard InChI is InChI=1S/C15H20N2O2.C7H15NO2/c1-14(2)13(16-15(3,4)17(14)19)10-12(18)11-8-6-5-7-9-11;1-6(2)5-10-7(3,4)8(6)9/h5-10,16,19H,1-4H3;9H,5H2,1-4H3/b13-10+;. The number of nitrogens with zero attached hydrogens (tertiary/aromatic N) is 2. The van der Waals surface area contributed by atoms with Crippen LogP contribution >= 0.6 is 0 Å². The van der Waals surface area contributed by atoms with Crippen LogP contribution in [0.3, 0.4) is 0 Å². The zero-order chi connectivity index (χ0) is 22.3. The van der Waals surface area contributed by atoms with Gasteiger partial charge in [-0.1, -0.05) is 30.3 Å². The first-order valence-electron chi connectivity index (χ1n) is 9.83. The van der Waals surface area contributed by atoms with Gasteiger partial charge in [-0.2, -0.15) is 10.1 Å². The molecule has 2 aliphatic heterocycles. The van der Waals surface area contributed by atoms with Crippen molar-refractivity contribution in [1.82, 2.24) is 15.4 Å². The molecule has 7 nitrogen and oxygen atoms in total. The van der Waals surface area contributed by atoms with Gasteiger partial charge in [-0.25, -0.2) is 0 Å². The first-order valence-corrected chi connectivity index (χ1v) is 9.83. The molecule has 0 radical (unpaired) electrons. The molecule has 0 atom stereocenters. The van der Waals surface area contributed by atoms with Crippen molar-refractivity contribution in [2.45, 2.75) is 77.9 Å². The van der Waals surface area contributed by atoms with Crippen LogP contribution in [-0.4, -0.2) is 55.4 Å². The predicted molar refractivity (Wildman–Crippen MR) is 112 cm³/mol. The van der Waals surface area contributed by atoms with Crippen LogP contribution in [0.4, 0.5) is 0 Å². The van der Waals surface area contributed by atoms with Gasteiger partial charge in [-0.15, -0.1) is 0 Å². The normalized spacial score (nSPS) is 25.9. The summed E-state index contributed by atoms with van der Waals surface area (Å²) < 4.78 is 5.34. The molecule has 1 aromatic rings. The molecule has 2 fully saturated rings. The molecule has 3 rings (SSSR count). The molecule has 162 valence electrons. The summed E-state index contributed by atoms with van der Waals surface area (Å²) in [5, 5.41) is 25.3. The van der Waals surface area contributed by atoms with Gasteiger partial charge < -0.3 is 20.5 Å². The number of rotatable bonds is 2. The van der Waals surface area contributed by atoms with Crippen LogP contribution in [0, 0.1) is 0 Å². The van der Waals surface area contributed by atoms with Crippen LogP contribution < -0.4 is 5.32 Å². The van der Waals surface area contributed by atoms with Gasteiger partial charge in [0.15, 0.2) is 5.78 Å². The van der Waals surface area contributed by atoms with E-state index in [-0.39, 0.29) is 11.3 Å². The molecule has 0 aromatic heterocycles. The molecule has 0 aliphatic carbocycles. The quantitative estimate of drug-likeness (QED) is 0.510. The van der Waals surface area contributed by atoms with Gasteiger partial charge in [0.2, 0.25) is 0 Å². The van der Waals surface area contributed by atoms with E-state index in [1.54, 1.807) is 18.2 Å². The maximum Gasteiger partial charge on any atom is 0.187 e. The number of allylic oxidation sites excluding steroid dienone is 1. The van der Waals surface area contributed by atoms with E-state index in [1.165, 1.54) is 10.1 Å². The van der Waals surface area contributed by atoms with Crippen LogP contribution in [0.5, 0.6) is 0 Å². The zero-order valence-electron chi connectivity index (χ0n) is 18.8. The van der Waals surface area contributed by atoms with Crippen molar-refractivity contribution in [3.05, 3.63) is 47.7 Å². The minimum atomic E-state index is -0.617. The molecule has 7 heteroatoms. The minimum Gasteiger partial charge on any atom is -0.367 e. The van der Waals surface area contributed by atoms with Crippen molar-refractivity contribution in [2.24, 2.45) is 0 Å². The number of ketones is 1. The second kappa shape index (κ2) is 7.81. The van der Waals surface area contributed by atoms with Gasteiger partial charge in [-0.05, 0) is 55.4 Å². The van der Waals surface area contributed by atoms with Crippen molar-refractivity contribution in [3.8, 4) is 0 Å². The van der Waals surface area contributed by atoms with E-state index in [2.05, 4.69) is 5.32 Å². The van der Waals surface area contributed by atoms with Crippen molar-refractivity contribution in [3.63, 3.8) is 0 Å². The Kier molecular flexibility index (Phi) is 6.33. The lowest BCUT2D eigenvalue weighted by atomic mass is 9.99. The molecule has 0 unspecified atom stereocenters. The minimum absolute atomic E-state index is 0.0673. The molecule has 2 aliphatic rings. The average molecular weight is 406 g/mol. The lowest BCUT2D eigenvalue weighted by molar-refractivity contribution is -0.233. The topological polar surface area (TPSA) is 85.3 Å². The van der Waals surface area contributed by atoms with E-state index >= 15 is 0 Å². The third-order valence-electron chi connectivity index (χ3n) is 5.35. The highest BCUT2D eigenvalue weighted by molar-refractivity contribution is 6.05. The molecular weight excluding hydrogens is 370 g/mol. The van der Waals surface area contributed by atoms with E-state index < -0.39 is 16.9 Å². The number of hydrogen-bond acceptors (Lipinski definition) is 7. The molecule has 2 saturated heterocycles. The fourth-order valence-electron chi connectivity index (χ4n) is 3.58. The van der Waals surface area contributed by atoms with E-state index in [0.717, 1.165) is 0 Å². The Morgan fingerprint density at radius 2 is 1.55 bits per heavy atom. The van der Waals surface area contributed by atoms with Crippen molar-refractivity contribution < 1.29 is 19.9 Å². The first kappa shape index (κ1) is 23.5. The average Bonchev–Trinajstić information content (AvgIpc) is 2.92. The lowest BCUT2D eigenvalue weighted by Gasteiger charge is -2.32. The van der Waals surface area contributed by atoms with Crippen LogP contribution in [0.15, 0.2) is 42.1 Å². The van der Waals surface area contributed by atoms with E-state index in [4.69, 9.17) is 4.74 Å². The van der Waals surface area contributed by atoms with Gasteiger partial charge >= 0.3 is 0 Å². The second-order valence-corrected chi connectivity index (χ2v) is 9.70. The van der Waals surface area contributed by atoms with Crippen molar-refractivity contribution >= 4 is 5.78 Å². The van der Waals surface area contributed by atoms with E-state index in [1.807, 2.05) is 73.6 Å². The summed E-state index contributed by atoms with van der Waals surface area (Å²) >= 11 is 0. The Hall–Kier alpha value is -1.77. The molecule has 1 aromatic carbocycles. The van der Waals surface area contributed by atoms with Gasteiger partial charge in [0.05, 0.1) is 17.7 Å². The summed E-state index contributed by atoms with van der Waals surface area (Å²) in [5.74, 6) is -0.0673. The number of ether oxygens (including phenoxy) is 1. The molecule has 29 heavy (non-hydrogen) atoms. The van der Waals surface area contributed by atoms with Crippen LogP contribution in [0.1, 0.15) is 65.7 Å². The molecule has 0 saturated carbocycles. The lowest BCUT2D eigenvalue weighted by Crippen LogP contribution is -2.48. The number of carbonyl (C=O) groups excluding carboxylic acids is 1. The summed E-state index contributed by atoms with van der Waals surface area (Å²) in [7, 11) is 0. The highest BCUT2D eigenvalue weighted by atomic mass is 16.6. The highest BCUT2D eigenvalue weighted by Crippen LogP contribution is 2.35. The van der Waals surface area contributed by atoms with Crippen LogP contribution in [-0.2, 0) is 4.74 Å². The predicted octanol–water partition coefficient (Wildman–Crippen LogP) is 3.78. The molecule has 0 amide bonds. The van der Waals surface area contributed by atoms with E-state index in [9.17, 15) is 15.2 Å². The van der Waals surface area contributed by atoms with E-state index in [0.29, 0.717) is 17.9 Å². The molecule has 0 bridgehead atoms. The molecule has 2 heterocycles. The molecule has 0 spiro atoms. The number of hydrogen-bond donors (Lipinski definition) is 3. The summed E-state index contributed by atoms with van der Waals surface area (Å²) in [6, 6.07) is 9.11. The Balaban J connectivity index is 0.000000253. The second-order valence-electron chi connectivity index (χ2n) is 9.70. The maximum absolute atomic E-state index is 12.2. The number of carbonyl (C=O) groups is 1. The Morgan fingerprint density at radius 3 is 1.90 bits per heavy atom. The molecule has 3 N–H and O–H groups in total. The Morgan fingerprint density at radius 1 is 1.00 bits per heavy atom. The van der Waals surface area contributed by atoms with Crippen molar-refractivity contribution in [1.29, 1.82) is 0 Å². The van der Waals surface area contributed by atoms with Crippen LogP contribution in [0.2, 0.25) is 0 Å². The third kappa shape index (κ3) is 4.87. The fourth-order valence-corrected chi connectivity index (χ4v) is 3.58. The largest absolute Gasteiger partial charge is 0.367 e. The van der Waals surface area contributed by atoms with Gasteiger partial charge in [0.25, 0.3) is 0 Å². The van der Waals surface area contributed by atoms with Crippen LogP contribution in [0.25, 0.3) is 0 Å². The third-order valence-corrected chi connectivity index (χ3v) is 5.35. The summed E-state index contributed by atoms with van der Waals surface area (Å²) in [6.07, 6.45) is 1.56. The highest BCUT2D eigenvalue weighted by Gasteiger charge is 2.48. The molecular formula is C22H35N3O4. The summed E-state index contributed by atoms with van der Waals surface area (Å²) in [4.78, 5) is 12.2. The number of benzene rings is 1. The Labute approximate surface area is 173 Å².